The molecule has 0 spiro atoms. The van der Waals surface area contributed by atoms with Crippen molar-refractivity contribution in [2.45, 2.75) is 37.8 Å². The van der Waals surface area contributed by atoms with Crippen molar-refractivity contribution in [3.63, 3.8) is 0 Å². The van der Waals surface area contributed by atoms with Crippen LogP contribution in [0.15, 0.2) is 23.4 Å². The van der Waals surface area contributed by atoms with E-state index < -0.39 is 16.1 Å². The number of pyridine rings is 1. The molecule has 1 unspecified atom stereocenters. The van der Waals surface area contributed by atoms with E-state index in [0.717, 1.165) is 6.42 Å². The highest BCUT2D eigenvalue weighted by Crippen LogP contribution is 2.21. The summed E-state index contributed by atoms with van der Waals surface area (Å²) in [6.45, 7) is 4.58. The van der Waals surface area contributed by atoms with Crippen molar-refractivity contribution in [3.8, 4) is 0 Å². The standard InChI is InChI=1S/C13H23N3O3S/c1-4-8-14-12-6-5-9-15-13(12)20(18,19)16(3)10-7-11(2)17/h5-6,9,11,14,17H,4,7-8,10H2,1-3H3. The third kappa shape index (κ3) is 4.43. The zero-order valence-electron chi connectivity index (χ0n) is 12.2. The van der Waals surface area contributed by atoms with Crippen molar-refractivity contribution in [2.24, 2.45) is 0 Å². The van der Waals surface area contributed by atoms with Crippen LogP contribution in [0.3, 0.4) is 0 Å². The Bertz CT molecular complexity index is 517. The number of hydrogen-bond acceptors (Lipinski definition) is 5. The minimum atomic E-state index is -3.65. The van der Waals surface area contributed by atoms with E-state index in [-0.39, 0.29) is 11.6 Å². The monoisotopic (exact) mass is 301 g/mol. The summed E-state index contributed by atoms with van der Waals surface area (Å²) in [5.74, 6) is 0. The topological polar surface area (TPSA) is 82.5 Å². The molecule has 1 atom stereocenters. The lowest BCUT2D eigenvalue weighted by Gasteiger charge is -2.19. The predicted octanol–water partition coefficient (Wildman–Crippen LogP) is 1.29. The van der Waals surface area contributed by atoms with Crippen LogP contribution >= 0.6 is 0 Å². The highest BCUT2D eigenvalue weighted by Gasteiger charge is 2.25. The second-order valence-electron chi connectivity index (χ2n) is 4.75. The fourth-order valence-corrected chi connectivity index (χ4v) is 2.88. The van der Waals surface area contributed by atoms with Crippen LogP contribution in [0.25, 0.3) is 0 Å². The summed E-state index contributed by atoms with van der Waals surface area (Å²) in [7, 11) is -2.15. The second-order valence-corrected chi connectivity index (χ2v) is 6.71. The molecular weight excluding hydrogens is 278 g/mol. The smallest absolute Gasteiger partial charge is 0.262 e. The van der Waals surface area contributed by atoms with Gasteiger partial charge in [0, 0.05) is 26.3 Å². The molecule has 0 fully saturated rings. The van der Waals surface area contributed by atoms with Crippen LogP contribution in [0.1, 0.15) is 26.7 Å². The Balaban J connectivity index is 2.96. The molecule has 0 aliphatic carbocycles. The molecular formula is C13H23N3O3S. The summed E-state index contributed by atoms with van der Waals surface area (Å²) in [5, 5.41) is 12.4. The van der Waals surface area contributed by atoms with E-state index in [0.29, 0.717) is 18.7 Å². The summed E-state index contributed by atoms with van der Waals surface area (Å²) in [6, 6.07) is 3.41. The maximum atomic E-state index is 12.5. The van der Waals surface area contributed by atoms with Crippen LogP contribution in [0.2, 0.25) is 0 Å². The lowest BCUT2D eigenvalue weighted by Crippen LogP contribution is -2.30. The summed E-state index contributed by atoms with van der Waals surface area (Å²) in [6.07, 6.45) is 2.22. The molecule has 0 amide bonds. The molecule has 0 radical (unpaired) electrons. The first kappa shape index (κ1) is 16.9. The van der Waals surface area contributed by atoms with Gasteiger partial charge in [-0.3, -0.25) is 0 Å². The Labute approximate surface area is 120 Å². The van der Waals surface area contributed by atoms with Gasteiger partial charge in [0.25, 0.3) is 10.0 Å². The van der Waals surface area contributed by atoms with Crippen molar-refractivity contribution < 1.29 is 13.5 Å². The van der Waals surface area contributed by atoms with E-state index in [2.05, 4.69) is 10.3 Å². The molecule has 114 valence electrons. The van der Waals surface area contributed by atoms with E-state index in [4.69, 9.17) is 0 Å². The van der Waals surface area contributed by atoms with E-state index in [1.165, 1.54) is 17.5 Å². The van der Waals surface area contributed by atoms with Crippen LogP contribution in [0.5, 0.6) is 0 Å². The van der Waals surface area contributed by atoms with E-state index in [1.807, 2.05) is 6.92 Å². The minimum absolute atomic E-state index is 0.0292. The lowest BCUT2D eigenvalue weighted by molar-refractivity contribution is 0.177. The van der Waals surface area contributed by atoms with E-state index in [1.54, 1.807) is 19.1 Å². The number of aromatic nitrogens is 1. The van der Waals surface area contributed by atoms with E-state index >= 15 is 0 Å². The van der Waals surface area contributed by atoms with Gasteiger partial charge in [0.05, 0.1) is 11.8 Å². The zero-order valence-corrected chi connectivity index (χ0v) is 13.0. The highest BCUT2D eigenvalue weighted by molar-refractivity contribution is 7.89. The van der Waals surface area contributed by atoms with Gasteiger partial charge in [0.15, 0.2) is 5.03 Å². The molecule has 1 aromatic heterocycles. The van der Waals surface area contributed by atoms with Crippen molar-refractivity contribution in [3.05, 3.63) is 18.3 Å². The first-order valence-corrected chi connectivity index (χ1v) is 8.17. The number of nitrogens with zero attached hydrogens (tertiary/aromatic N) is 2. The summed E-state index contributed by atoms with van der Waals surface area (Å²) < 4.78 is 26.2. The quantitative estimate of drug-likeness (QED) is 0.756. The maximum absolute atomic E-state index is 12.5. The number of nitrogens with one attached hydrogen (secondary N) is 1. The zero-order chi connectivity index (χ0) is 15.2. The largest absolute Gasteiger partial charge is 0.393 e. The van der Waals surface area contributed by atoms with Crippen LogP contribution < -0.4 is 5.32 Å². The SMILES string of the molecule is CCCNc1cccnc1S(=O)(=O)N(C)CCC(C)O. The van der Waals surface area contributed by atoms with Crippen molar-refractivity contribution >= 4 is 15.7 Å². The van der Waals surface area contributed by atoms with Gasteiger partial charge in [-0.15, -0.1) is 0 Å². The number of sulfonamides is 1. The van der Waals surface area contributed by atoms with Crippen LogP contribution in [-0.2, 0) is 10.0 Å². The molecule has 0 aliphatic heterocycles. The van der Waals surface area contributed by atoms with Crippen LogP contribution in [-0.4, -0.2) is 49.1 Å². The van der Waals surface area contributed by atoms with Crippen LogP contribution in [0.4, 0.5) is 5.69 Å². The summed E-state index contributed by atoms with van der Waals surface area (Å²) in [4.78, 5) is 4.00. The van der Waals surface area contributed by atoms with Crippen molar-refractivity contribution in [2.75, 3.05) is 25.5 Å². The first-order valence-electron chi connectivity index (χ1n) is 6.73. The Kier molecular flexibility index (Phi) is 6.38. The molecule has 0 saturated carbocycles. The Morgan fingerprint density at radius 3 is 2.80 bits per heavy atom. The number of hydrogen-bond donors (Lipinski definition) is 2. The normalized spacial score (nSPS) is 13.4. The number of anilines is 1. The molecule has 20 heavy (non-hydrogen) atoms. The van der Waals surface area contributed by atoms with Gasteiger partial charge >= 0.3 is 0 Å². The van der Waals surface area contributed by atoms with Gasteiger partial charge in [-0.25, -0.2) is 13.4 Å². The van der Waals surface area contributed by atoms with Gasteiger partial charge in [0.2, 0.25) is 0 Å². The Morgan fingerprint density at radius 1 is 1.50 bits per heavy atom. The maximum Gasteiger partial charge on any atom is 0.262 e. The third-order valence-electron chi connectivity index (χ3n) is 2.85. The highest BCUT2D eigenvalue weighted by atomic mass is 32.2. The number of rotatable bonds is 8. The molecule has 0 aliphatic rings. The van der Waals surface area contributed by atoms with Crippen molar-refractivity contribution in [1.29, 1.82) is 0 Å². The molecule has 1 heterocycles. The summed E-state index contributed by atoms with van der Waals surface area (Å²) in [5.41, 5.74) is 0.512. The summed E-state index contributed by atoms with van der Waals surface area (Å²) >= 11 is 0. The van der Waals surface area contributed by atoms with Gasteiger partial charge in [-0.05, 0) is 31.9 Å². The number of aliphatic hydroxyl groups is 1. The van der Waals surface area contributed by atoms with E-state index in [9.17, 15) is 13.5 Å². The minimum Gasteiger partial charge on any atom is -0.393 e. The molecule has 1 aromatic rings. The lowest BCUT2D eigenvalue weighted by atomic mass is 10.3. The average molecular weight is 301 g/mol. The van der Waals surface area contributed by atoms with Gasteiger partial charge in [-0.1, -0.05) is 6.92 Å². The molecule has 7 heteroatoms. The van der Waals surface area contributed by atoms with Crippen molar-refractivity contribution in [1.82, 2.24) is 9.29 Å². The van der Waals surface area contributed by atoms with Gasteiger partial charge in [-0.2, -0.15) is 4.31 Å². The molecule has 6 nitrogen and oxygen atoms in total. The second kappa shape index (κ2) is 7.56. The molecule has 0 saturated heterocycles. The van der Waals surface area contributed by atoms with Gasteiger partial charge in [0.1, 0.15) is 0 Å². The molecule has 0 aromatic carbocycles. The number of aliphatic hydroxyl groups excluding tert-OH is 1. The average Bonchev–Trinajstić information content (AvgIpc) is 2.42. The van der Waals surface area contributed by atoms with Gasteiger partial charge < -0.3 is 10.4 Å². The van der Waals surface area contributed by atoms with Crippen LogP contribution in [0, 0.1) is 0 Å². The predicted molar refractivity (Wildman–Crippen MR) is 79.1 cm³/mol. The Hall–Kier alpha value is -1.18. The fourth-order valence-electron chi connectivity index (χ4n) is 1.63. The molecule has 1 rings (SSSR count). The fraction of sp³-hybridized carbons (Fsp3) is 0.615. The molecule has 0 bridgehead atoms. The Morgan fingerprint density at radius 2 is 2.20 bits per heavy atom. The first-order chi connectivity index (χ1) is 9.39. The molecule has 2 N–H and O–H groups in total. The third-order valence-corrected chi connectivity index (χ3v) is 4.67.